The van der Waals surface area contributed by atoms with Gasteiger partial charge in [-0.15, -0.1) is 0 Å². The van der Waals surface area contributed by atoms with E-state index in [0.717, 1.165) is 12.8 Å². The second kappa shape index (κ2) is 9.77. The van der Waals surface area contributed by atoms with Gasteiger partial charge in [-0.2, -0.15) is 0 Å². The Morgan fingerprint density at radius 1 is 1.00 bits per heavy atom. The third-order valence-electron chi connectivity index (χ3n) is 3.87. The Labute approximate surface area is 126 Å². The first-order valence-corrected chi connectivity index (χ1v) is 8.54. The highest BCUT2D eigenvalue weighted by molar-refractivity contribution is 9.25. The van der Waals surface area contributed by atoms with Crippen LogP contribution in [0, 0.1) is 11.2 Å². The molecule has 0 rings (SSSR count). The van der Waals surface area contributed by atoms with E-state index in [9.17, 15) is 4.32 Å². The van der Waals surface area contributed by atoms with Gasteiger partial charge in [-0.3, -0.25) is 0 Å². The van der Waals surface area contributed by atoms with Gasteiger partial charge in [0.2, 0.25) is 0 Å². The van der Waals surface area contributed by atoms with E-state index < -0.39 is 5.38 Å². The smallest absolute Gasteiger partial charge is 0.470 e. The fourth-order valence-corrected chi connectivity index (χ4v) is 2.35. The van der Waals surface area contributed by atoms with Gasteiger partial charge in [0.15, 0.2) is 0 Å². The Bertz CT molecular complexity index is 277. The van der Waals surface area contributed by atoms with E-state index in [1.54, 1.807) is 20.1 Å². The second-order valence-electron chi connectivity index (χ2n) is 6.08. The minimum Gasteiger partial charge on any atom is -0.470 e. The maximum absolute atomic E-state index is 13.9. The van der Waals surface area contributed by atoms with Crippen LogP contribution in [-0.4, -0.2) is 30.4 Å². The van der Waals surface area contributed by atoms with E-state index in [4.69, 9.17) is 5.26 Å². The monoisotopic (exact) mass is 334 g/mol. The van der Waals surface area contributed by atoms with Gasteiger partial charge in [0.25, 0.3) is 0 Å². The quantitative estimate of drug-likeness (QED) is 0.387. The van der Waals surface area contributed by atoms with Crippen LogP contribution >= 0.6 is 15.8 Å². The molecular formula is C14H29BBrFN2. The summed E-state index contributed by atoms with van der Waals surface area (Å²) < 4.78 is 14.1. The molecule has 1 atom stereocenters. The molecule has 0 saturated heterocycles. The van der Waals surface area contributed by atoms with Crippen LogP contribution in [0.3, 0.4) is 0 Å². The van der Waals surface area contributed by atoms with Crippen molar-refractivity contribution in [2.24, 2.45) is 0 Å². The lowest BCUT2D eigenvalue weighted by Crippen LogP contribution is -2.57. The van der Waals surface area contributed by atoms with Crippen LogP contribution in [0.15, 0.2) is 0 Å². The number of quaternary nitrogens is 1. The summed E-state index contributed by atoms with van der Waals surface area (Å²) in [6.07, 6.45) is 11.3. The standard InChI is InChI=1S/C14H29BBrFN2/c1-4-5-6-7-8-9-10-11-12-13-19(2,3)15(16,17)14-18/h4-13H2,1-3H3. The molecule has 0 aliphatic carbocycles. The first-order valence-electron chi connectivity index (χ1n) is 7.62. The van der Waals surface area contributed by atoms with Gasteiger partial charge in [0.05, 0.1) is 0 Å². The van der Waals surface area contributed by atoms with Crippen LogP contribution in [0.5, 0.6) is 0 Å². The molecule has 0 spiro atoms. The van der Waals surface area contributed by atoms with Crippen LogP contribution in [0.1, 0.15) is 64.7 Å². The van der Waals surface area contributed by atoms with E-state index >= 15 is 0 Å². The zero-order chi connectivity index (χ0) is 14.8. The number of nitrogens with zero attached hydrogens (tertiary/aromatic N) is 2. The highest BCUT2D eigenvalue weighted by atomic mass is 79.9. The molecule has 0 amide bonds. The zero-order valence-corrected chi connectivity index (χ0v) is 14.4. The van der Waals surface area contributed by atoms with Crippen LogP contribution in [0.2, 0.25) is 0 Å². The summed E-state index contributed by atoms with van der Waals surface area (Å²) in [6.45, 7) is 2.95. The van der Waals surface area contributed by atoms with E-state index in [0.29, 0.717) is 6.54 Å². The molecule has 0 bridgehead atoms. The molecule has 19 heavy (non-hydrogen) atoms. The average Bonchev–Trinajstić information content (AvgIpc) is 2.36. The van der Waals surface area contributed by atoms with Crippen molar-refractivity contribution in [3.63, 3.8) is 0 Å². The maximum Gasteiger partial charge on any atom is 0.525 e. The van der Waals surface area contributed by atoms with Gasteiger partial charge < -0.3 is 8.71 Å². The summed E-state index contributed by atoms with van der Waals surface area (Å²) in [6, 6.07) is 0. The van der Waals surface area contributed by atoms with Gasteiger partial charge in [0.1, 0.15) is 0 Å². The Morgan fingerprint density at radius 2 is 1.42 bits per heavy atom. The van der Waals surface area contributed by atoms with Crippen molar-refractivity contribution in [3.8, 4) is 5.97 Å². The number of nitriles is 1. The molecule has 1 unspecified atom stereocenters. The summed E-state index contributed by atoms with van der Waals surface area (Å²) in [5.41, 5.74) is 0. The molecule has 0 aliphatic rings. The molecule has 0 aromatic heterocycles. The molecule has 0 aromatic rings. The number of hydrogen-bond acceptors (Lipinski definition) is 1. The normalized spacial score (nSPS) is 14.9. The highest BCUT2D eigenvalue weighted by Crippen LogP contribution is 2.24. The van der Waals surface area contributed by atoms with Crippen molar-refractivity contribution in [3.05, 3.63) is 0 Å². The Morgan fingerprint density at radius 3 is 1.84 bits per heavy atom. The summed E-state index contributed by atoms with van der Waals surface area (Å²) in [4.78, 5) is 0. The fourth-order valence-electron chi connectivity index (χ4n) is 2.15. The molecule has 0 aliphatic heterocycles. The van der Waals surface area contributed by atoms with E-state index in [1.165, 1.54) is 44.9 Å². The van der Waals surface area contributed by atoms with Crippen LogP contribution in [0.25, 0.3) is 0 Å². The Kier molecular flexibility index (Phi) is 9.73. The molecule has 0 heterocycles. The molecule has 0 radical (unpaired) electrons. The predicted octanol–water partition coefficient (Wildman–Crippen LogP) is 4.96. The summed E-state index contributed by atoms with van der Waals surface area (Å²) in [5.74, 6) is 1.75. The number of unbranched alkanes of at least 4 members (excludes halogenated alkanes) is 8. The third kappa shape index (κ3) is 7.94. The largest absolute Gasteiger partial charge is 0.525 e. The predicted molar refractivity (Wildman–Crippen MR) is 85.6 cm³/mol. The molecule has 0 N–H and O–H groups in total. The lowest BCUT2D eigenvalue weighted by atomic mass is 9.83. The Balaban J connectivity index is 3.57. The fraction of sp³-hybridized carbons (Fsp3) is 0.929. The molecule has 0 saturated carbocycles. The molecule has 0 fully saturated rings. The van der Waals surface area contributed by atoms with Gasteiger partial charge in [-0.05, 0) is 18.8 Å². The molecule has 112 valence electrons. The Hall–Kier alpha value is -0.0751. The maximum atomic E-state index is 13.9. The van der Waals surface area contributed by atoms with E-state index in [1.807, 2.05) is 0 Å². The molecule has 5 heteroatoms. The van der Waals surface area contributed by atoms with Crippen LogP contribution in [-0.2, 0) is 0 Å². The number of hydrogen-bond donors (Lipinski definition) is 0. The summed E-state index contributed by atoms with van der Waals surface area (Å²) >= 11 is 2.93. The molecular weight excluding hydrogens is 306 g/mol. The molecule has 0 aromatic carbocycles. The topological polar surface area (TPSA) is 23.8 Å². The van der Waals surface area contributed by atoms with E-state index in [-0.39, 0.29) is 4.39 Å². The minimum absolute atomic E-state index is 0.118. The first-order chi connectivity index (χ1) is 8.87. The van der Waals surface area contributed by atoms with E-state index in [2.05, 4.69) is 22.7 Å². The van der Waals surface area contributed by atoms with Crippen LogP contribution < -0.4 is 0 Å². The highest BCUT2D eigenvalue weighted by Gasteiger charge is 2.39. The zero-order valence-electron chi connectivity index (χ0n) is 12.8. The van der Waals surface area contributed by atoms with Crippen molar-refractivity contribution in [2.75, 3.05) is 20.6 Å². The SMILES string of the molecule is CCCCCCCCCCC[N+](C)(C)[B-](F)(Br)C#N. The van der Waals surface area contributed by atoms with Crippen molar-refractivity contribution >= 4 is 21.1 Å². The number of halogens is 2. The van der Waals surface area contributed by atoms with Crippen molar-refractivity contribution in [2.45, 2.75) is 64.7 Å². The second-order valence-corrected chi connectivity index (χ2v) is 7.30. The minimum atomic E-state index is -2.63. The molecule has 2 nitrogen and oxygen atoms in total. The van der Waals surface area contributed by atoms with Gasteiger partial charge in [-0.25, -0.2) is 21.0 Å². The number of rotatable bonds is 11. The van der Waals surface area contributed by atoms with Crippen molar-refractivity contribution in [1.29, 1.82) is 5.26 Å². The third-order valence-corrected chi connectivity index (χ3v) is 5.18. The van der Waals surface area contributed by atoms with Gasteiger partial charge in [-0.1, -0.05) is 51.9 Å². The van der Waals surface area contributed by atoms with Gasteiger partial charge in [0, 0.05) is 20.6 Å². The van der Waals surface area contributed by atoms with Gasteiger partial charge >= 0.3 is 5.38 Å². The first kappa shape index (κ1) is 18.9. The van der Waals surface area contributed by atoms with Crippen LogP contribution in [0.4, 0.5) is 4.32 Å². The van der Waals surface area contributed by atoms with Crippen molar-refractivity contribution < 1.29 is 8.71 Å². The summed E-state index contributed by atoms with van der Waals surface area (Å²) in [7, 11) is 3.56. The lowest BCUT2D eigenvalue weighted by Gasteiger charge is -2.43. The van der Waals surface area contributed by atoms with Crippen molar-refractivity contribution in [1.82, 2.24) is 0 Å². The lowest BCUT2D eigenvalue weighted by molar-refractivity contribution is -0.791. The average molecular weight is 335 g/mol. The summed E-state index contributed by atoms with van der Waals surface area (Å²) in [5, 5.41) is 6.18.